The molecule has 0 saturated carbocycles. The summed E-state index contributed by atoms with van der Waals surface area (Å²) < 4.78 is 0. The van der Waals surface area contributed by atoms with E-state index >= 15 is 0 Å². The number of hydrogen-bond donors (Lipinski definition) is 1. The van der Waals surface area contributed by atoms with Gasteiger partial charge < -0.3 is 9.88 Å². The third-order valence-corrected chi connectivity index (χ3v) is 4.48. The van der Waals surface area contributed by atoms with Crippen LogP contribution in [0.15, 0.2) is 36.4 Å². The fourth-order valence-electron chi connectivity index (χ4n) is 2.91. The lowest BCUT2D eigenvalue weighted by atomic mass is 9.87. The molecule has 3 rings (SSSR count). The lowest BCUT2D eigenvalue weighted by Crippen LogP contribution is -2.36. The van der Waals surface area contributed by atoms with Gasteiger partial charge in [0.15, 0.2) is 0 Å². The van der Waals surface area contributed by atoms with E-state index in [9.17, 15) is 4.79 Å². The van der Waals surface area contributed by atoms with Crippen molar-refractivity contribution >= 4 is 16.8 Å². The maximum atomic E-state index is 12.6. The molecule has 1 fully saturated rings. The van der Waals surface area contributed by atoms with Gasteiger partial charge in [0.2, 0.25) is 0 Å². The quantitative estimate of drug-likeness (QED) is 0.784. The molecule has 1 amide bonds. The van der Waals surface area contributed by atoms with Crippen LogP contribution in [0.1, 0.15) is 49.7 Å². The van der Waals surface area contributed by atoms with E-state index in [1.54, 1.807) is 0 Å². The number of aromatic amines is 1. The molecule has 0 unspecified atom stereocenters. The Balaban J connectivity index is 1.88. The Labute approximate surface area is 132 Å². The van der Waals surface area contributed by atoms with Crippen molar-refractivity contribution in [2.24, 2.45) is 0 Å². The van der Waals surface area contributed by atoms with E-state index in [1.165, 1.54) is 11.1 Å². The van der Waals surface area contributed by atoms with Gasteiger partial charge in [-0.25, -0.2) is 0 Å². The Morgan fingerprint density at radius 1 is 1.18 bits per heavy atom. The van der Waals surface area contributed by atoms with Crippen LogP contribution in [-0.2, 0) is 5.41 Å². The van der Waals surface area contributed by atoms with Crippen LogP contribution in [0.25, 0.3) is 10.9 Å². The number of nitrogens with one attached hydrogen (secondary N) is 1. The van der Waals surface area contributed by atoms with Crippen LogP contribution in [0.5, 0.6) is 0 Å². The molecule has 22 heavy (non-hydrogen) atoms. The average Bonchev–Trinajstić information content (AvgIpc) is 2.89. The molecule has 0 aliphatic carbocycles. The van der Waals surface area contributed by atoms with Crippen LogP contribution >= 0.6 is 0 Å². The number of benzene rings is 1. The summed E-state index contributed by atoms with van der Waals surface area (Å²) in [5.41, 5.74) is 4.35. The first kappa shape index (κ1) is 14.9. The topological polar surface area (TPSA) is 36.1 Å². The number of H-pyrrole nitrogens is 1. The lowest BCUT2D eigenvalue weighted by molar-refractivity contribution is 0.0739. The van der Waals surface area contributed by atoms with Gasteiger partial charge in [0.05, 0.1) is 0 Å². The minimum atomic E-state index is 0.0982. The van der Waals surface area contributed by atoms with Gasteiger partial charge in [-0.05, 0) is 36.0 Å². The van der Waals surface area contributed by atoms with Crippen molar-refractivity contribution in [3.8, 4) is 0 Å². The smallest absolute Gasteiger partial charge is 0.270 e. The van der Waals surface area contributed by atoms with Crippen LogP contribution in [-0.4, -0.2) is 28.9 Å². The fourth-order valence-corrected chi connectivity index (χ4v) is 2.91. The SMILES string of the molecule is C=C1CCN(C(=O)c2cc3ccc(C(C)(C)C)cc3[nH]2)CC1. The van der Waals surface area contributed by atoms with Crippen LogP contribution in [0.3, 0.4) is 0 Å². The van der Waals surface area contributed by atoms with E-state index in [0.717, 1.165) is 36.8 Å². The molecule has 1 N–H and O–H groups in total. The zero-order valence-corrected chi connectivity index (χ0v) is 13.7. The maximum absolute atomic E-state index is 12.6. The number of fused-ring (bicyclic) bond motifs is 1. The van der Waals surface area contributed by atoms with Gasteiger partial charge in [-0.2, -0.15) is 0 Å². The molecular weight excluding hydrogens is 272 g/mol. The number of rotatable bonds is 1. The Morgan fingerprint density at radius 2 is 1.86 bits per heavy atom. The minimum absolute atomic E-state index is 0.0982. The Hall–Kier alpha value is -2.03. The maximum Gasteiger partial charge on any atom is 0.270 e. The van der Waals surface area contributed by atoms with Crippen LogP contribution in [0.4, 0.5) is 0 Å². The van der Waals surface area contributed by atoms with Crippen LogP contribution in [0.2, 0.25) is 0 Å². The number of nitrogens with zero attached hydrogens (tertiary/aromatic N) is 1. The summed E-state index contributed by atoms with van der Waals surface area (Å²) in [6.07, 6.45) is 1.83. The average molecular weight is 296 g/mol. The summed E-state index contributed by atoms with van der Waals surface area (Å²) >= 11 is 0. The zero-order chi connectivity index (χ0) is 15.9. The Morgan fingerprint density at radius 3 is 2.50 bits per heavy atom. The highest BCUT2D eigenvalue weighted by molar-refractivity contribution is 5.98. The van der Waals surface area contributed by atoms with Gasteiger partial charge in [-0.1, -0.05) is 45.1 Å². The molecule has 1 aliphatic heterocycles. The molecule has 2 heterocycles. The van der Waals surface area contributed by atoms with Crippen molar-refractivity contribution in [2.75, 3.05) is 13.1 Å². The normalized spacial score (nSPS) is 16.3. The van der Waals surface area contributed by atoms with Crippen LogP contribution in [0, 0.1) is 0 Å². The van der Waals surface area contributed by atoms with Gasteiger partial charge in [0.1, 0.15) is 5.69 Å². The molecule has 0 radical (unpaired) electrons. The first-order chi connectivity index (χ1) is 10.3. The third-order valence-electron chi connectivity index (χ3n) is 4.48. The molecule has 3 heteroatoms. The van der Waals surface area contributed by atoms with E-state index < -0.39 is 0 Å². The fraction of sp³-hybridized carbons (Fsp3) is 0.421. The van der Waals surface area contributed by atoms with E-state index in [4.69, 9.17) is 0 Å². The van der Waals surface area contributed by atoms with Crippen molar-refractivity contribution in [2.45, 2.75) is 39.0 Å². The molecule has 0 atom stereocenters. The first-order valence-corrected chi connectivity index (χ1v) is 7.94. The number of likely N-dealkylation sites (tertiary alicyclic amines) is 1. The largest absolute Gasteiger partial charge is 0.351 e. The number of aromatic nitrogens is 1. The molecule has 116 valence electrons. The third kappa shape index (κ3) is 2.80. The highest BCUT2D eigenvalue weighted by Crippen LogP contribution is 2.27. The second-order valence-electron chi connectivity index (χ2n) is 7.28. The van der Waals surface area contributed by atoms with E-state index in [1.807, 2.05) is 11.0 Å². The van der Waals surface area contributed by atoms with Gasteiger partial charge in [-0.3, -0.25) is 4.79 Å². The van der Waals surface area contributed by atoms with Crippen molar-refractivity contribution in [1.29, 1.82) is 0 Å². The van der Waals surface area contributed by atoms with E-state index in [-0.39, 0.29) is 11.3 Å². The zero-order valence-electron chi connectivity index (χ0n) is 13.7. The number of amides is 1. The van der Waals surface area contributed by atoms with E-state index in [2.05, 4.69) is 50.5 Å². The van der Waals surface area contributed by atoms with Crippen molar-refractivity contribution < 1.29 is 4.79 Å². The van der Waals surface area contributed by atoms with Crippen molar-refractivity contribution in [3.63, 3.8) is 0 Å². The minimum Gasteiger partial charge on any atom is -0.351 e. The molecule has 3 nitrogen and oxygen atoms in total. The summed E-state index contributed by atoms with van der Waals surface area (Å²) in [4.78, 5) is 17.8. The number of carbonyl (C=O) groups excluding carboxylic acids is 1. The number of hydrogen-bond acceptors (Lipinski definition) is 1. The second-order valence-corrected chi connectivity index (χ2v) is 7.28. The Bertz CT molecular complexity index is 723. The number of piperidine rings is 1. The molecule has 1 aromatic heterocycles. The standard InChI is InChI=1S/C19H24N2O/c1-13-7-9-21(10-8-13)18(22)17-11-14-5-6-15(19(2,3)4)12-16(14)20-17/h5-6,11-12,20H,1,7-10H2,2-4H3. The lowest BCUT2D eigenvalue weighted by Gasteiger charge is -2.27. The molecule has 1 aromatic carbocycles. The van der Waals surface area contributed by atoms with Gasteiger partial charge >= 0.3 is 0 Å². The highest BCUT2D eigenvalue weighted by atomic mass is 16.2. The summed E-state index contributed by atoms with van der Waals surface area (Å²) in [5.74, 6) is 0.0982. The molecule has 0 bridgehead atoms. The highest BCUT2D eigenvalue weighted by Gasteiger charge is 2.21. The summed E-state index contributed by atoms with van der Waals surface area (Å²) in [7, 11) is 0. The van der Waals surface area contributed by atoms with Crippen molar-refractivity contribution in [3.05, 3.63) is 47.7 Å². The van der Waals surface area contributed by atoms with Gasteiger partial charge in [0.25, 0.3) is 5.91 Å². The van der Waals surface area contributed by atoms with Gasteiger partial charge in [-0.15, -0.1) is 0 Å². The number of carbonyl (C=O) groups is 1. The molecule has 0 spiro atoms. The summed E-state index contributed by atoms with van der Waals surface area (Å²) in [6, 6.07) is 8.37. The van der Waals surface area contributed by atoms with Crippen molar-refractivity contribution in [1.82, 2.24) is 9.88 Å². The predicted octanol–water partition coefficient (Wildman–Crippen LogP) is 4.26. The summed E-state index contributed by atoms with van der Waals surface area (Å²) in [5, 5.41) is 1.10. The predicted molar refractivity (Wildman–Crippen MR) is 91.3 cm³/mol. The molecule has 1 aliphatic rings. The molecular formula is C19H24N2O. The van der Waals surface area contributed by atoms with E-state index in [0.29, 0.717) is 5.69 Å². The van der Waals surface area contributed by atoms with Gasteiger partial charge in [0, 0.05) is 24.0 Å². The molecule has 1 saturated heterocycles. The van der Waals surface area contributed by atoms with Crippen LogP contribution < -0.4 is 0 Å². The molecule has 2 aromatic rings. The monoisotopic (exact) mass is 296 g/mol. The second kappa shape index (κ2) is 5.31. The first-order valence-electron chi connectivity index (χ1n) is 7.94. The summed E-state index contributed by atoms with van der Waals surface area (Å²) in [6.45, 7) is 12.2. The Kier molecular flexibility index (Phi) is 3.59.